The summed E-state index contributed by atoms with van der Waals surface area (Å²) in [6.45, 7) is 4.08. The van der Waals surface area contributed by atoms with Gasteiger partial charge < -0.3 is 14.3 Å². The quantitative estimate of drug-likeness (QED) is 0.511. The van der Waals surface area contributed by atoms with E-state index in [1.165, 1.54) is 11.1 Å². The van der Waals surface area contributed by atoms with Crippen molar-refractivity contribution in [2.24, 2.45) is 0 Å². The summed E-state index contributed by atoms with van der Waals surface area (Å²) in [5.74, 6) is -0.0875. The number of aromatic nitrogens is 3. The summed E-state index contributed by atoms with van der Waals surface area (Å²) in [5, 5.41) is 7.18. The minimum atomic E-state index is -0.0875. The number of benzene rings is 1. The maximum Gasteiger partial charge on any atom is 0.268 e. The number of carbonyl (C=O) groups excluding carboxylic acids is 1. The molecule has 0 fully saturated rings. The minimum Gasteiger partial charge on any atom is -0.463 e. The molecule has 0 aliphatic heterocycles. The molecule has 3 heterocycles. The van der Waals surface area contributed by atoms with Crippen LogP contribution in [0.15, 0.2) is 65.5 Å². The molecule has 0 aliphatic rings. The molecule has 0 aliphatic carbocycles. The lowest BCUT2D eigenvalue weighted by atomic mass is 10.1. The van der Waals surface area contributed by atoms with Crippen LogP contribution in [0.25, 0.3) is 11.1 Å². The summed E-state index contributed by atoms with van der Waals surface area (Å²) in [6.07, 6.45) is 6.16. The molecule has 0 spiro atoms. The molecule has 0 radical (unpaired) electrons. The van der Waals surface area contributed by atoms with Gasteiger partial charge in [-0.05, 0) is 30.5 Å². The zero-order valence-electron chi connectivity index (χ0n) is 15.3. The Morgan fingerprint density at radius 3 is 2.93 bits per heavy atom. The first-order chi connectivity index (χ1) is 13.2. The van der Waals surface area contributed by atoms with E-state index in [-0.39, 0.29) is 5.91 Å². The van der Waals surface area contributed by atoms with Gasteiger partial charge in [0.2, 0.25) is 0 Å². The topological polar surface area (TPSA) is 65.0 Å². The number of furan rings is 1. The Balaban J connectivity index is 1.50. The van der Waals surface area contributed by atoms with E-state index >= 15 is 0 Å². The molecule has 0 atom stereocenters. The predicted molar refractivity (Wildman–Crippen MR) is 104 cm³/mol. The van der Waals surface area contributed by atoms with Crippen molar-refractivity contribution in [2.75, 3.05) is 6.54 Å². The van der Waals surface area contributed by atoms with Crippen molar-refractivity contribution in [1.29, 1.82) is 0 Å². The van der Waals surface area contributed by atoms with E-state index in [4.69, 9.17) is 4.42 Å². The third-order valence-corrected chi connectivity index (χ3v) is 4.75. The smallest absolute Gasteiger partial charge is 0.268 e. The molecule has 0 bridgehead atoms. The van der Waals surface area contributed by atoms with Crippen LogP contribution in [0.1, 0.15) is 28.0 Å². The third-order valence-electron chi connectivity index (χ3n) is 4.75. The Labute approximate surface area is 157 Å². The van der Waals surface area contributed by atoms with Crippen LogP contribution in [0.2, 0.25) is 0 Å². The van der Waals surface area contributed by atoms with Crippen molar-refractivity contribution in [3.63, 3.8) is 0 Å². The van der Waals surface area contributed by atoms with Gasteiger partial charge in [-0.15, -0.1) is 0 Å². The van der Waals surface area contributed by atoms with E-state index in [0.717, 1.165) is 24.1 Å². The van der Waals surface area contributed by atoms with Crippen molar-refractivity contribution < 1.29 is 9.21 Å². The molecule has 1 aromatic carbocycles. The second-order valence-electron chi connectivity index (χ2n) is 6.59. The number of carbonyl (C=O) groups is 1. The van der Waals surface area contributed by atoms with Crippen LogP contribution in [0.3, 0.4) is 0 Å². The Hall–Kier alpha value is -3.28. The van der Waals surface area contributed by atoms with Crippen LogP contribution >= 0.6 is 0 Å². The van der Waals surface area contributed by atoms with Crippen molar-refractivity contribution in [3.8, 4) is 0 Å². The molecule has 1 N–H and O–H groups in total. The number of aryl methyl sites for hydroxylation is 2. The average molecular weight is 362 g/mol. The molecule has 0 saturated heterocycles. The molecule has 27 heavy (non-hydrogen) atoms. The van der Waals surface area contributed by atoms with Crippen LogP contribution in [-0.2, 0) is 13.1 Å². The fourth-order valence-electron chi connectivity index (χ4n) is 3.26. The number of amides is 1. The van der Waals surface area contributed by atoms with Gasteiger partial charge in [-0.25, -0.2) is 0 Å². The molecule has 4 aromatic rings. The standard InChI is InChI=1S/C21H22N4O2/c1-16-6-2-3-7-17(16)15-25-18-8-13-27-20(18)14-19(25)21(26)22-9-4-11-24-12-5-10-23-24/h2-3,5-8,10,12-14H,4,9,11,15H2,1H3,(H,22,26). The van der Waals surface area contributed by atoms with E-state index < -0.39 is 0 Å². The van der Waals surface area contributed by atoms with Gasteiger partial charge in [0.25, 0.3) is 5.91 Å². The molecule has 1 amide bonds. The molecule has 6 heteroatoms. The van der Waals surface area contributed by atoms with Gasteiger partial charge in [0.15, 0.2) is 5.58 Å². The lowest BCUT2D eigenvalue weighted by Gasteiger charge is -2.12. The zero-order valence-corrected chi connectivity index (χ0v) is 15.3. The van der Waals surface area contributed by atoms with E-state index in [1.54, 1.807) is 12.5 Å². The summed E-state index contributed by atoms with van der Waals surface area (Å²) < 4.78 is 9.40. The van der Waals surface area contributed by atoms with Crippen LogP contribution in [0.5, 0.6) is 0 Å². The largest absolute Gasteiger partial charge is 0.463 e. The zero-order chi connectivity index (χ0) is 18.6. The SMILES string of the molecule is Cc1ccccc1Cn1c(C(=O)NCCCn2cccn2)cc2occc21. The fourth-order valence-corrected chi connectivity index (χ4v) is 3.26. The molecule has 4 rings (SSSR count). The van der Waals surface area contributed by atoms with Crippen molar-refractivity contribution in [1.82, 2.24) is 19.7 Å². The van der Waals surface area contributed by atoms with Crippen LogP contribution in [0.4, 0.5) is 0 Å². The van der Waals surface area contributed by atoms with Crippen LogP contribution < -0.4 is 5.32 Å². The molecule has 0 unspecified atom stereocenters. The Morgan fingerprint density at radius 2 is 2.11 bits per heavy atom. The molecular formula is C21H22N4O2. The predicted octanol–water partition coefficient (Wildman–Crippen LogP) is 3.61. The average Bonchev–Trinajstić information content (AvgIpc) is 3.39. The highest BCUT2D eigenvalue weighted by Gasteiger charge is 2.17. The monoisotopic (exact) mass is 362 g/mol. The molecule has 0 saturated carbocycles. The number of rotatable bonds is 7. The van der Waals surface area contributed by atoms with Gasteiger partial charge in [0.1, 0.15) is 5.69 Å². The number of fused-ring (bicyclic) bond motifs is 1. The van der Waals surface area contributed by atoms with Crippen molar-refractivity contribution in [3.05, 3.63) is 77.9 Å². The molecular weight excluding hydrogens is 340 g/mol. The minimum absolute atomic E-state index is 0.0875. The van der Waals surface area contributed by atoms with Crippen molar-refractivity contribution >= 4 is 17.0 Å². The van der Waals surface area contributed by atoms with Crippen LogP contribution in [0, 0.1) is 6.92 Å². The number of hydrogen-bond acceptors (Lipinski definition) is 3. The first kappa shape index (κ1) is 17.1. The van der Waals surface area contributed by atoms with E-state index in [9.17, 15) is 4.79 Å². The summed E-state index contributed by atoms with van der Waals surface area (Å²) in [7, 11) is 0. The van der Waals surface area contributed by atoms with Crippen molar-refractivity contribution in [2.45, 2.75) is 26.4 Å². The van der Waals surface area contributed by atoms with Gasteiger partial charge in [-0.3, -0.25) is 9.48 Å². The lowest BCUT2D eigenvalue weighted by Crippen LogP contribution is -2.27. The normalized spacial score (nSPS) is 11.1. The number of hydrogen-bond donors (Lipinski definition) is 1. The Kier molecular flexibility index (Phi) is 4.78. The Bertz CT molecular complexity index is 1040. The highest BCUT2D eigenvalue weighted by Crippen LogP contribution is 2.23. The van der Waals surface area contributed by atoms with Gasteiger partial charge in [0.05, 0.1) is 11.8 Å². The Morgan fingerprint density at radius 1 is 1.22 bits per heavy atom. The first-order valence-electron chi connectivity index (χ1n) is 9.09. The van der Waals surface area contributed by atoms with E-state index in [1.807, 2.05) is 45.8 Å². The van der Waals surface area contributed by atoms with Gasteiger partial charge in [0, 0.05) is 44.2 Å². The summed E-state index contributed by atoms with van der Waals surface area (Å²) in [5.41, 5.74) is 4.66. The maximum atomic E-state index is 12.8. The molecule has 3 aromatic heterocycles. The highest BCUT2D eigenvalue weighted by molar-refractivity contribution is 5.97. The second kappa shape index (κ2) is 7.53. The van der Waals surface area contributed by atoms with Gasteiger partial charge in [-0.1, -0.05) is 24.3 Å². The highest BCUT2D eigenvalue weighted by atomic mass is 16.3. The van der Waals surface area contributed by atoms with Gasteiger partial charge >= 0.3 is 0 Å². The fraction of sp³-hybridized carbons (Fsp3) is 0.238. The molecule has 138 valence electrons. The van der Waals surface area contributed by atoms with Gasteiger partial charge in [-0.2, -0.15) is 5.10 Å². The molecule has 6 nitrogen and oxygen atoms in total. The summed E-state index contributed by atoms with van der Waals surface area (Å²) in [4.78, 5) is 12.8. The second-order valence-corrected chi connectivity index (χ2v) is 6.59. The van der Waals surface area contributed by atoms with Crippen LogP contribution in [-0.4, -0.2) is 26.8 Å². The maximum absolute atomic E-state index is 12.8. The first-order valence-corrected chi connectivity index (χ1v) is 9.09. The lowest BCUT2D eigenvalue weighted by molar-refractivity contribution is 0.0944. The third kappa shape index (κ3) is 3.65. The summed E-state index contributed by atoms with van der Waals surface area (Å²) in [6, 6.07) is 13.8. The number of nitrogens with zero attached hydrogens (tertiary/aromatic N) is 3. The van der Waals surface area contributed by atoms with E-state index in [2.05, 4.69) is 29.5 Å². The number of nitrogens with one attached hydrogen (secondary N) is 1. The van der Waals surface area contributed by atoms with E-state index in [0.29, 0.717) is 18.8 Å². The summed E-state index contributed by atoms with van der Waals surface area (Å²) >= 11 is 0.